The minimum absolute atomic E-state index is 0.267. The molecule has 1 N–H and O–H groups in total. The van der Waals surface area contributed by atoms with Crippen LogP contribution in [0.15, 0.2) is 30.3 Å². The SMILES string of the molecule is O=C(CCC1CCN(C2CCSCC2)CC1)N[C@@H]1CCN(Cc2ccccc2)C1. The highest BCUT2D eigenvalue weighted by molar-refractivity contribution is 7.99. The topological polar surface area (TPSA) is 35.6 Å². The highest BCUT2D eigenvalue weighted by atomic mass is 32.2. The normalized spacial score (nSPS) is 25.3. The fourth-order valence-electron chi connectivity index (χ4n) is 5.23. The van der Waals surface area contributed by atoms with Gasteiger partial charge in [0.25, 0.3) is 0 Å². The summed E-state index contributed by atoms with van der Waals surface area (Å²) in [4.78, 5) is 17.7. The fraction of sp³-hybridized carbons (Fsp3) is 0.708. The number of benzene rings is 1. The lowest BCUT2D eigenvalue weighted by atomic mass is 9.90. The van der Waals surface area contributed by atoms with Gasteiger partial charge >= 0.3 is 0 Å². The first-order chi connectivity index (χ1) is 14.3. The van der Waals surface area contributed by atoms with Gasteiger partial charge in [0.1, 0.15) is 0 Å². The zero-order valence-corrected chi connectivity index (χ0v) is 18.5. The highest BCUT2D eigenvalue weighted by Gasteiger charge is 2.27. The maximum Gasteiger partial charge on any atom is 0.220 e. The van der Waals surface area contributed by atoms with Gasteiger partial charge in [0.15, 0.2) is 0 Å². The molecule has 1 amide bonds. The molecule has 0 spiro atoms. The second kappa shape index (κ2) is 10.8. The number of hydrogen-bond donors (Lipinski definition) is 1. The van der Waals surface area contributed by atoms with E-state index in [9.17, 15) is 4.79 Å². The van der Waals surface area contributed by atoms with Crippen LogP contribution in [-0.2, 0) is 11.3 Å². The van der Waals surface area contributed by atoms with E-state index in [1.165, 1.54) is 55.8 Å². The van der Waals surface area contributed by atoms with E-state index >= 15 is 0 Å². The standard InChI is InChI=1S/C24H37N3OS/c28-24(25-22-10-13-26(19-22)18-21-4-2-1-3-5-21)7-6-20-8-14-27(15-9-20)23-11-16-29-17-12-23/h1-5,20,22-23H,6-19H2,(H,25,28)/t22-/m1/s1. The molecule has 0 bridgehead atoms. The third-order valence-electron chi connectivity index (χ3n) is 7.02. The molecule has 1 atom stereocenters. The van der Waals surface area contributed by atoms with Crippen molar-refractivity contribution in [3.05, 3.63) is 35.9 Å². The molecule has 0 radical (unpaired) electrons. The van der Waals surface area contributed by atoms with Gasteiger partial charge in [-0.1, -0.05) is 30.3 Å². The summed E-state index contributed by atoms with van der Waals surface area (Å²) in [6.07, 6.45) is 8.18. The Morgan fingerprint density at radius 3 is 2.52 bits per heavy atom. The zero-order chi connectivity index (χ0) is 19.9. The van der Waals surface area contributed by atoms with Gasteiger partial charge in [0, 0.05) is 38.1 Å². The largest absolute Gasteiger partial charge is 0.352 e. The highest BCUT2D eigenvalue weighted by Crippen LogP contribution is 2.28. The van der Waals surface area contributed by atoms with Crippen LogP contribution in [0, 0.1) is 5.92 Å². The Balaban J connectivity index is 1.10. The van der Waals surface area contributed by atoms with E-state index in [1.54, 1.807) is 0 Å². The van der Waals surface area contributed by atoms with Gasteiger partial charge in [0.2, 0.25) is 5.91 Å². The lowest BCUT2D eigenvalue weighted by Crippen LogP contribution is -2.43. The van der Waals surface area contributed by atoms with E-state index in [0.29, 0.717) is 12.5 Å². The van der Waals surface area contributed by atoms with Crippen LogP contribution in [0.5, 0.6) is 0 Å². The number of piperidine rings is 1. The summed E-state index contributed by atoms with van der Waals surface area (Å²) in [5.41, 5.74) is 1.36. The van der Waals surface area contributed by atoms with E-state index in [-0.39, 0.29) is 5.91 Å². The van der Waals surface area contributed by atoms with Crippen molar-refractivity contribution >= 4 is 17.7 Å². The number of hydrogen-bond acceptors (Lipinski definition) is 4. The summed E-state index contributed by atoms with van der Waals surface area (Å²) in [7, 11) is 0. The number of rotatable bonds is 7. The van der Waals surface area contributed by atoms with Crippen molar-refractivity contribution in [3.63, 3.8) is 0 Å². The molecular formula is C24H37N3OS. The van der Waals surface area contributed by atoms with Gasteiger partial charge in [-0.3, -0.25) is 9.69 Å². The first-order valence-electron chi connectivity index (χ1n) is 11.6. The molecule has 1 aromatic carbocycles. The van der Waals surface area contributed by atoms with Crippen LogP contribution in [0.1, 0.15) is 50.5 Å². The smallest absolute Gasteiger partial charge is 0.220 e. The maximum atomic E-state index is 12.5. The lowest BCUT2D eigenvalue weighted by molar-refractivity contribution is -0.122. The Bertz CT molecular complexity index is 626. The molecule has 1 aromatic rings. The third-order valence-corrected chi connectivity index (χ3v) is 8.07. The number of nitrogens with one attached hydrogen (secondary N) is 1. The summed E-state index contributed by atoms with van der Waals surface area (Å²) in [5.74, 6) is 3.69. The predicted molar refractivity (Wildman–Crippen MR) is 122 cm³/mol. The van der Waals surface area contributed by atoms with Crippen LogP contribution in [0.3, 0.4) is 0 Å². The molecule has 0 saturated carbocycles. The van der Waals surface area contributed by atoms with Crippen molar-refractivity contribution in [1.82, 2.24) is 15.1 Å². The second-order valence-electron chi connectivity index (χ2n) is 9.14. The summed E-state index contributed by atoms with van der Waals surface area (Å²) in [5, 5.41) is 3.30. The molecule has 3 aliphatic heterocycles. The number of thioether (sulfide) groups is 1. The van der Waals surface area contributed by atoms with Crippen LogP contribution < -0.4 is 5.32 Å². The predicted octanol–water partition coefficient (Wildman–Crippen LogP) is 3.76. The van der Waals surface area contributed by atoms with Gasteiger partial charge in [0.05, 0.1) is 0 Å². The average molecular weight is 416 g/mol. The van der Waals surface area contributed by atoms with Gasteiger partial charge in [-0.05, 0) is 74.6 Å². The average Bonchev–Trinajstić information content (AvgIpc) is 3.20. The van der Waals surface area contributed by atoms with Gasteiger partial charge < -0.3 is 10.2 Å². The van der Waals surface area contributed by atoms with Crippen molar-refractivity contribution in [2.45, 2.75) is 63.6 Å². The molecule has 3 fully saturated rings. The van der Waals surface area contributed by atoms with Crippen LogP contribution in [0.25, 0.3) is 0 Å². The van der Waals surface area contributed by atoms with Crippen LogP contribution >= 0.6 is 11.8 Å². The Labute approximate surface area is 180 Å². The van der Waals surface area contributed by atoms with Crippen molar-refractivity contribution in [2.75, 3.05) is 37.7 Å². The summed E-state index contributed by atoms with van der Waals surface area (Å²) in [6.45, 7) is 5.56. The van der Waals surface area contributed by atoms with Crippen LogP contribution in [-0.4, -0.2) is 65.5 Å². The summed E-state index contributed by atoms with van der Waals surface area (Å²) >= 11 is 2.11. The van der Waals surface area contributed by atoms with E-state index in [2.05, 4.69) is 57.2 Å². The van der Waals surface area contributed by atoms with Crippen molar-refractivity contribution in [1.29, 1.82) is 0 Å². The minimum atomic E-state index is 0.267. The third kappa shape index (κ3) is 6.47. The summed E-state index contributed by atoms with van der Waals surface area (Å²) in [6, 6.07) is 11.8. The molecule has 29 heavy (non-hydrogen) atoms. The Morgan fingerprint density at radius 1 is 1.00 bits per heavy atom. The van der Waals surface area contributed by atoms with Crippen molar-refractivity contribution in [3.8, 4) is 0 Å². The number of likely N-dealkylation sites (tertiary alicyclic amines) is 2. The Hall–Kier alpha value is -1.04. The second-order valence-corrected chi connectivity index (χ2v) is 10.4. The molecule has 3 heterocycles. The minimum Gasteiger partial charge on any atom is -0.352 e. The molecule has 4 nitrogen and oxygen atoms in total. The number of nitrogens with zero attached hydrogens (tertiary/aromatic N) is 2. The molecule has 0 aliphatic carbocycles. The first kappa shape index (κ1) is 21.2. The van der Waals surface area contributed by atoms with E-state index < -0.39 is 0 Å². The van der Waals surface area contributed by atoms with Crippen LogP contribution in [0.4, 0.5) is 0 Å². The first-order valence-corrected chi connectivity index (χ1v) is 12.8. The molecule has 0 aromatic heterocycles. The Morgan fingerprint density at radius 2 is 1.76 bits per heavy atom. The molecule has 5 heteroatoms. The van der Waals surface area contributed by atoms with Gasteiger partial charge in [-0.2, -0.15) is 11.8 Å². The molecule has 3 aliphatic rings. The van der Waals surface area contributed by atoms with E-state index in [1.807, 2.05) is 0 Å². The van der Waals surface area contributed by atoms with E-state index in [4.69, 9.17) is 0 Å². The van der Waals surface area contributed by atoms with Gasteiger partial charge in [-0.15, -0.1) is 0 Å². The molecule has 4 rings (SSSR count). The van der Waals surface area contributed by atoms with Crippen molar-refractivity contribution in [2.24, 2.45) is 5.92 Å². The fourth-order valence-corrected chi connectivity index (χ4v) is 6.31. The number of amides is 1. The molecular weight excluding hydrogens is 378 g/mol. The van der Waals surface area contributed by atoms with Gasteiger partial charge in [-0.25, -0.2) is 0 Å². The molecule has 0 unspecified atom stereocenters. The van der Waals surface area contributed by atoms with Crippen LogP contribution in [0.2, 0.25) is 0 Å². The van der Waals surface area contributed by atoms with Crippen molar-refractivity contribution < 1.29 is 4.79 Å². The monoisotopic (exact) mass is 415 g/mol. The Kier molecular flexibility index (Phi) is 7.92. The quantitative estimate of drug-likeness (QED) is 0.735. The zero-order valence-electron chi connectivity index (χ0n) is 17.7. The van der Waals surface area contributed by atoms with E-state index in [0.717, 1.165) is 44.4 Å². The summed E-state index contributed by atoms with van der Waals surface area (Å²) < 4.78 is 0. The lowest BCUT2D eigenvalue weighted by Gasteiger charge is -2.39. The molecule has 3 saturated heterocycles. The number of carbonyl (C=O) groups excluding carboxylic acids is 1. The maximum absolute atomic E-state index is 12.5. The molecule has 160 valence electrons. The number of carbonyl (C=O) groups is 1.